The molecule has 0 bridgehead atoms. The Balaban J connectivity index is 1.83. The van der Waals surface area contributed by atoms with Crippen LogP contribution in [-0.4, -0.2) is 11.7 Å². The average molecular weight is 399 g/mol. The molecule has 1 aromatic heterocycles. The largest absolute Gasteiger partial charge is 0.326 e. The van der Waals surface area contributed by atoms with Gasteiger partial charge in [-0.1, -0.05) is 0 Å². The Morgan fingerprint density at radius 2 is 1.80 bits per heavy atom. The lowest BCUT2D eigenvalue weighted by molar-refractivity contribution is -0.116. The van der Waals surface area contributed by atoms with Crippen LogP contribution in [0.5, 0.6) is 0 Å². The molecule has 0 aliphatic carbocycles. The minimum absolute atomic E-state index is 0.0286. The molecule has 20 heavy (non-hydrogen) atoms. The van der Waals surface area contributed by atoms with Crippen molar-refractivity contribution in [1.29, 1.82) is 0 Å². The number of aryl methyl sites for hydroxylation is 1. The fourth-order valence-electron chi connectivity index (χ4n) is 1.69. The summed E-state index contributed by atoms with van der Waals surface area (Å²) in [5.41, 5.74) is 0.759. The highest BCUT2D eigenvalue weighted by molar-refractivity contribution is 14.1. The number of hydrogen-bond acceptors (Lipinski definition) is 3. The molecular formula is C15H14INO2S. The molecule has 0 saturated heterocycles. The summed E-state index contributed by atoms with van der Waals surface area (Å²) < 4.78 is 1.11. The van der Waals surface area contributed by atoms with Crippen molar-refractivity contribution in [1.82, 2.24) is 0 Å². The molecule has 2 rings (SSSR count). The van der Waals surface area contributed by atoms with Gasteiger partial charge in [-0.25, -0.2) is 0 Å². The van der Waals surface area contributed by atoms with Gasteiger partial charge in [-0.15, -0.1) is 11.3 Å². The lowest BCUT2D eigenvalue weighted by Gasteiger charge is -2.04. The highest BCUT2D eigenvalue weighted by atomic mass is 127. The van der Waals surface area contributed by atoms with E-state index in [2.05, 4.69) is 27.9 Å². The first kappa shape index (κ1) is 15.2. The molecule has 1 heterocycles. The van der Waals surface area contributed by atoms with Crippen molar-refractivity contribution in [2.75, 3.05) is 5.32 Å². The predicted octanol–water partition coefficient (Wildman–Crippen LogP) is 4.26. The SMILES string of the molecule is Cc1ccc(C(=O)CCC(=O)Nc2ccc(I)cc2)s1. The number of halogens is 1. The van der Waals surface area contributed by atoms with Crippen LogP contribution >= 0.6 is 33.9 Å². The molecule has 5 heteroatoms. The van der Waals surface area contributed by atoms with E-state index in [9.17, 15) is 9.59 Å². The van der Waals surface area contributed by atoms with Crippen LogP contribution < -0.4 is 5.32 Å². The maximum absolute atomic E-state index is 11.9. The number of benzene rings is 1. The second kappa shape index (κ2) is 6.99. The van der Waals surface area contributed by atoms with Gasteiger partial charge < -0.3 is 5.32 Å². The van der Waals surface area contributed by atoms with Gasteiger partial charge in [0, 0.05) is 27.0 Å². The van der Waals surface area contributed by atoms with Crippen LogP contribution in [-0.2, 0) is 4.79 Å². The number of hydrogen-bond donors (Lipinski definition) is 1. The summed E-state index contributed by atoms with van der Waals surface area (Å²) in [4.78, 5) is 25.5. The Kier molecular flexibility index (Phi) is 5.31. The predicted molar refractivity (Wildman–Crippen MR) is 90.4 cm³/mol. The quantitative estimate of drug-likeness (QED) is 0.603. The maximum Gasteiger partial charge on any atom is 0.224 e. The van der Waals surface area contributed by atoms with Crippen LogP contribution in [0.4, 0.5) is 5.69 Å². The van der Waals surface area contributed by atoms with E-state index in [4.69, 9.17) is 0 Å². The van der Waals surface area contributed by atoms with Crippen LogP contribution in [0, 0.1) is 10.5 Å². The molecule has 1 amide bonds. The van der Waals surface area contributed by atoms with E-state index in [-0.39, 0.29) is 24.5 Å². The van der Waals surface area contributed by atoms with Gasteiger partial charge in [0.25, 0.3) is 0 Å². The highest BCUT2D eigenvalue weighted by Crippen LogP contribution is 2.18. The molecule has 0 radical (unpaired) electrons. The second-order valence-electron chi connectivity index (χ2n) is 4.39. The fourth-order valence-corrected chi connectivity index (χ4v) is 2.89. The first-order valence-electron chi connectivity index (χ1n) is 6.19. The summed E-state index contributed by atoms with van der Waals surface area (Å²) in [5.74, 6) is -0.103. The van der Waals surface area contributed by atoms with Gasteiger partial charge in [0.05, 0.1) is 4.88 Å². The van der Waals surface area contributed by atoms with E-state index in [1.54, 1.807) is 0 Å². The zero-order valence-corrected chi connectivity index (χ0v) is 14.0. The van der Waals surface area contributed by atoms with Crippen molar-refractivity contribution in [2.24, 2.45) is 0 Å². The van der Waals surface area contributed by atoms with Crippen molar-refractivity contribution in [3.8, 4) is 0 Å². The van der Waals surface area contributed by atoms with Gasteiger partial charge in [0.2, 0.25) is 5.91 Å². The van der Waals surface area contributed by atoms with E-state index in [1.807, 2.05) is 43.3 Å². The topological polar surface area (TPSA) is 46.2 Å². The molecule has 3 nitrogen and oxygen atoms in total. The average Bonchev–Trinajstić information content (AvgIpc) is 2.85. The van der Waals surface area contributed by atoms with Gasteiger partial charge in [-0.2, -0.15) is 0 Å². The van der Waals surface area contributed by atoms with E-state index in [0.29, 0.717) is 0 Å². The number of Topliss-reactive ketones (excluding diaryl/α,β-unsaturated/α-hetero) is 1. The van der Waals surface area contributed by atoms with Gasteiger partial charge in [0.15, 0.2) is 5.78 Å². The molecule has 0 aliphatic heterocycles. The Hall–Kier alpha value is -1.21. The number of thiophene rings is 1. The van der Waals surface area contributed by atoms with Crippen LogP contribution in [0.1, 0.15) is 27.4 Å². The molecule has 1 aromatic carbocycles. The number of amides is 1. The summed E-state index contributed by atoms with van der Waals surface area (Å²) in [6.07, 6.45) is 0.456. The summed E-state index contributed by atoms with van der Waals surface area (Å²) in [5, 5.41) is 2.79. The van der Waals surface area contributed by atoms with E-state index in [1.165, 1.54) is 11.3 Å². The molecule has 1 N–H and O–H groups in total. The molecule has 0 spiro atoms. The Labute approximate surface area is 135 Å². The smallest absolute Gasteiger partial charge is 0.224 e. The van der Waals surface area contributed by atoms with Gasteiger partial charge in [-0.3, -0.25) is 9.59 Å². The van der Waals surface area contributed by atoms with Crippen molar-refractivity contribution in [3.05, 3.63) is 49.7 Å². The third-order valence-corrected chi connectivity index (χ3v) is 4.48. The second-order valence-corrected chi connectivity index (χ2v) is 6.92. The van der Waals surface area contributed by atoms with Gasteiger partial charge in [-0.05, 0) is 65.9 Å². The number of nitrogens with one attached hydrogen (secondary N) is 1. The number of rotatable bonds is 5. The van der Waals surface area contributed by atoms with Crippen LogP contribution in [0.25, 0.3) is 0 Å². The zero-order valence-electron chi connectivity index (χ0n) is 11.0. The van der Waals surface area contributed by atoms with E-state index in [0.717, 1.165) is 19.0 Å². The molecule has 2 aromatic rings. The van der Waals surface area contributed by atoms with Gasteiger partial charge in [0.1, 0.15) is 0 Å². The Bertz CT molecular complexity index is 619. The molecule has 0 atom stereocenters. The first-order valence-corrected chi connectivity index (χ1v) is 8.09. The van der Waals surface area contributed by atoms with Crippen molar-refractivity contribution < 1.29 is 9.59 Å². The highest BCUT2D eigenvalue weighted by Gasteiger charge is 2.11. The number of anilines is 1. The third-order valence-electron chi connectivity index (χ3n) is 2.72. The Morgan fingerprint density at radius 1 is 1.10 bits per heavy atom. The maximum atomic E-state index is 11.9. The first-order chi connectivity index (χ1) is 9.54. The molecule has 0 aliphatic rings. The number of carbonyl (C=O) groups is 2. The van der Waals surface area contributed by atoms with Crippen molar-refractivity contribution in [2.45, 2.75) is 19.8 Å². The standard InChI is InChI=1S/C15H14INO2S/c1-10-2-8-14(20-10)13(18)7-9-15(19)17-12-5-3-11(16)4-6-12/h2-6,8H,7,9H2,1H3,(H,17,19). The van der Waals surface area contributed by atoms with Gasteiger partial charge >= 0.3 is 0 Å². The van der Waals surface area contributed by atoms with E-state index < -0.39 is 0 Å². The van der Waals surface area contributed by atoms with Crippen LogP contribution in [0.2, 0.25) is 0 Å². The third kappa shape index (κ3) is 4.42. The monoisotopic (exact) mass is 399 g/mol. The van der Waals surface area contributed by atoms with E-state index >= 15 is 0 Å². The van der Waals surface area contributed by atoms with Crippen LogP contribution in [0.15, 0.2) is 36.4 Å². The molecule has 0 fully saturated rings. The lowest BCUT2D eigenvalue weighted by atomic mass is 10.2. The number of carbonyl (C=O) groups excluding carboxylic acids is 2. The van der Waals surface area contributed by atoms with Crippen LogP contribution in [0.3, 0.4) is 0 Å². The molecular weight excluding hydrogens is 385 g/mol. The molecule has 0 saturated carbocycles. The summed E-state index contributed by atoms with van der Waals surface area (Å²) in [6.45, 7) is 1.96. The normalized spacial score (nSPS) is 10.3. The zero-order chi connectivity index (χ0) is 14.5. The lowest BCUT2D eigenvalue weighted by Crippen LogP contribution is -2.13. The van der Waals surface area contributed by atoms with Crippen molar-refractivity contribution in [3.63, 3.8) is 0 Å². The number of ketones is 1. The fraction of sp³-hybridized carbons (Fsp3) is 0.200. The summed E-state index contributed by atoms with van der Waals surface area (Å²) in [7, 11) is 0. The summed E-state index contributed by atoms with van der Waals surface area (Å²) in [6, 6.07) is 11.3. The van der Waals surface area contributed by atoms with Crippen molar-refractivity contribution >= 4 is 51.3 Å². The Morgan fingerprint density at radius 3 is 2.40 bits per heavy atom. The molecule has 0 unspecified atom stereocenters. The minimum atomic E-state index is -0.132. The summed E-state index contributed by atoms with van der Waals surface area (Å²) >= 11 is 3.68. The molecule has 104 valence electrons. The minimum Gasteiger partial charge on any atom is -0.326 e.